The van der Waals surface area contributed by atoms with Crippen LogP contribution in [-0.4, -0.2) is 23.0 Å². The van der Waals surface area contributed by atoms with E-state index >= 15 is 0 Å². The van der Waals surface area contributed by atoms with Gasteiger partial charge in [-0.1, -0.05) is 26.0 Å². The van der Waals surface area contributed by atoms with E-state index in [9.17, 15) is 4.79 Å². The molecule has 0 fully saturated rings. The summed E-state index contributed by atoms with van der Waals surface area (Å²) in [7, 11) is 1.55. The van der Waals surface area contributed by atoms with Crippen LogP contribution in [0.3, 0.4) is 0 Å². The Labute approximate surface area is 140 Å². The maximum Gasteiger partial charge on any atom is 0.311 e. The molecule has 0 amide bonds. The molecule has 124 valence electrons. The van der Waals surface area contributed by atoms with E-state index in [1.165, 1.54) is 0 Å². The van der Waals surface area contributed by atoms with Gasteiger partial charge in [0.2, 0.25) is 0 Å². The summed E-state index contributed by atoms with van der Waals surface area (Å²) >= 11 is 0. The molecule has 0 atom stereocenters. The predicted molar refractivity (Wildman–Crippen MR) is 93.2 cm³/mol. The Bertz CT molecular complexity index is 835. The number of hydrogen-bond acceptors (Lipinski definition) is 4. The first-order valence-corrected chi connectivity index (χ1v) is 7.90. The number of ether oxygens (including phenoxy) is 2. The van der Waals surface area contributed by atoms with Crippen LogP contribution in [0, 0.1) is 5.92 Å². The van der Waals surface area contributed by atoms with Crippen LogP contribution < -0.4 is 9.47 Å². The number of benzene rings is 2. The smallest absolute Gasteiger partial charge is 0.311 e. The number of imidazole rings is 1. The van der Waals surface area contributed by atoms with Gasteiger partial charge < -0.3 is 14.5 Å². The van der Waals surface area contributed by atoms with E-state index in [1.54, 1.807) is 13.2 Å². The number of carbonyl (C=O) groups is 1. The molecule has 0 bridgehead atoms. The molecule has 0 spiro atoms. The molecule has 0 saturated heterocycles. The molecule has 5 nitrogen and oxygen atoms in total. The van der Waals surface area contributed by atoms with Crippen LogP contribution in [0.4, 0.5) is 0 Å². The van der Waals surface area contributed by atoms with E-state index in [1.807, 2.05) is 50.2 Å². The third kappa shape index (κ3) is 3.40. The van der Waals surface area contributed by atoms with Crippen molar-refractivity contribution >= 4 is 17.0 Å². The first-order valence-electron chi connectivity index (χ1n) is 7.90. The number of aromatic amines is 1. The van der Waals surface area contributed by atoms with Gasteiger partial charge in [0.25, 0.3) is 0 Å². The summed E-state index contributed by atoms with van der Waals surface area (Å²) in [5.41, 5.74) is 2.74. The molecule has 1 N–H and O–H groups in total. The van der Waals surface area contributed by atoms with Crippen molar-refractivity contribution in [1.82, 2.24) is 9.97 Å². The van der Waals surface area contributed by atoms with Gasteiger partial charge in [0, 0.05) is 12.0 Å². The lowest BCUT2D eigenvalue weighted by atomic mass is 10.1. The summed E-state index contributed by atoms with van der Waals surface area (Å²) in [6.07, 6.45) is 0.370. The van der Waals surface area contributed by atoms with Crippen LogP contribution >= 0.6 is 0 Å². The van der Waals surface area contributed by atoms with Crippen molar-refractivity contribution in [2.75, 3.05) is 7.11 Å². The summed E-state index contributed by atoms with van der Waals surface area (Å²) in [4.78, 5) is 19.7. The molecule has 0 aliphatic rings. The van der Waals surface area contributed by atoms with Crippen molar-refractivity contribution in [3.8, 4) is 22.9 Å². The van der Waals surface area contributed by atoms with Crippen molar-refractivity contribution in [3.05, 3.63) is 42.5 Å². The highest BCUT2D eigenvalue weighted by Gasteiger charge is 2.14. The number of hydrogen-bond donors (Lipinski definition) is 1. The molecule has 0 aliphatic heterocycles. The van der Waals surface area contributed by atoms with Crippen molar-refractivity contribution in [3.63, 3.8) is 0 Å². The molecule has 5 heteroatoms. The molecule has 3 rings (SSSR count). The predicted octanol–water partition coefficient (Wildman–Crippen LogP) is 4.19. The number of para-hydroxylation sites is 2. The monoisotopic (exact) mass is 324 g/mol. The van der Waals surface area contributed by atoms with E-state index in [0.717, 1.165) is 22.4 Å². The average molecular weight is 324 g/mol. The maximum absolute atomic E-state index is 11.9. The molecule has 0 aliphatic carbocycles. The Morgan fingerprint density at radius 1 is 1.17 bits per heavy atom. The van der Waals surface area contributed by atoms with Crippen LogP contribution in [0.15, 0.2) is 42.5 Å². The number of nitrogens with zero attached hydrogens (tertiary/aromatic N) is 1. The Morgan fingerprint density at radius 3 is 2.67 bits per heavy atom. The van der Waals surface area contributed by atoms with Gasteiger partial charge in [-0.25, -0.2) is 4.98 Å². The largest absolute Gasteiger partial charge is 0.493 e. The number of methoxy groups -OCH3 is 1. The number of carbonyl (C=O) groups excluding carboxylic acids is 1. The second-order valence-corrected chi connectivity index (χ2v) is 6.04. The number of H-pyrrole nitrogens is 1. The molecule has 2 aromatic carbocycles. The molecule has 1 aromatic heterocycles. The Balaban J connectivity index is 1.89. The van der Waals surface area contributed by atoms with E-state index in [2.05, 4.69) is 9.97 Å². The van der Waals surface area contributed by atoms with E-state index in [-0.39, 0.29) is 11.9 Å². The molecule has 24 heavy (non-hydrogen) atoms. The second kappa shape index (κ2) is 6.74. The van der Waals surface area contributed by atoms with Crippen molar-refractivity contribution in [2.24, 2.45) is 5.92 Å². The first-order chi connectivity index (χ1) is 11.6. The highest BCUT2D eigenvalue weighted by molar-refractivity contribution is 5.80. The third-order valence-electron chi connectivity index (χ3n) is 3.63. The molecule has 3 aromatic rings. The Kier molecular flexibility index (Phi) is 4.51. The van der Waals surface area contributed by atoms with Crippen LogP contribution in [0.1, 0.15) is 20.3 Å². The van der Waals surface area contributed by atoms with E-state index in [0.29, 0.717) is 17.9 Å². The Morgan fingerprint density at radius 2 is 1.96 bits per heavy atom. The number of rotatable bonds is 5. The average Bonchev–Trinajstić information content (AvgIpc) is 2.98. The minimum absolute atomic E-state index is 0.248. The van der Waals surface area contributed by atoms with Gasteiger partial charge >= 0.3 is 5.97 Å². The lowest BCUT2D eigenvalue weighted by molar-refractivity contribution is -0.135. The second-order valence-electron chi connectivity index (χ2n) is 6.04. The standard InChI is InChI=1S/C19H20N2O3/c1-12(2)10-18(22)24-16-9-8-13(11-17(16)23-3)19-20-14-6-4-5-7-15(14)21-19/h4-9,11-12H,10H2,1-3H3,(H,20,21). The lowest BCUT2D eigenvalue weighted by Crippen LogP contribution is -2.11. The summed E-state index contributed by atoms with van der Waals surface area (Å²) < 4.78 is 10.8. The quantitative estimate of drug-likeness (QED) is 0.564. The highest BCUT2D eigenvalue weighted by Crippen LogP contribution is 2.32. The fourth-order valence-electron chi connectivity index (χ4n) is 2.49. The topological polar surface area (TPSA) is 64.2 Å². The van der Waals surface area contributed by atoms with Gasteiger partial charge in [0.1, 0.15) is 5.82 Å². The van der Waals surface area contributed by atoms with Crippen LogP contribution in [0.5, 0.6) is 11.5 Å². The van der Waals surface area contributed by atoms with Gasteiger partial charge in [-0.3, -0.25) is 4.79 Å². The normalized spacial score (nSPS) is 11.0. The lowest BCUT2D eigenvalue weighted by Gasteiger charge is -2.11. The van der Waals surface area contributed by atoms with Gasteiger partial charge in [-0.05, 0) is 36.2 Å². The van der Waals surface area contributed by atoms with Crippen molar-refractivity contribution in [2.45, 2.75) is 20.3 Å². The summed E-state index contributed by atoms with van der Waals surface area (Å²) in [6.45, 7) is 3.95. The zero-order valence-corrected chi connectivity index (χ0v) is 14.0. The van der Waals surface area contributed by atoms with Crippen molar-refractivity contribution in [1.29, 1.82) is 0 Å². The van der Waals surface area contributed by atoms with Gasteiger partial charge in [-0.2, -0.15) is 0 Å². The van der Waals surface area contributed by atoms with E-state index in [4.69, 9.17) is 9.47 Å². The highest BCUT2D eigenvalue weighted by atomic mass is 16.6. The number of nitrogens with one attached hydrogen (secondary N) is 1. The van der Waals surface area contributed by atoms with E-state index < -0.39 is 0 Å². The minimum Gasteiger partial charge on any atom is -0.493 e. The molecule has 0 unspecified atom stereocenters. The minimum atomic E-state index is -0.264. The summed E-state index contributed by atoms with van der Waals surface area (Å²) in [5.74, 6) is 1.65. The van der Waals surface area contributed by atoms with Gasteiger partial charge in [0.15, 0.2) is 11.5 Å². The fourth-order valence-corrected chi connectivity index (χ4v) is 2.49. The number of fused-ring (bicyclic) bond motifs is 1. The SMILES string of the molecule is COc1cc(-c2nc3ccccc3[nH]2)ccc1OC(=O)CC(C)C. The van der Waals surface area contributed by atoms with Gasteiger partial charge in [-0.15, -0.1) is 0 Å². The zero-order chi connectivity index (χ0) is 17.1. The fraction of sp³-hybridized carbons (Fsp3) is 0.263. The van der Waals surface area contributed by atoms with Crippen molar-refractivity contribution < 1.29 is 14.3 Å². The molecular weight excluding hydrogens is 304 g/mol. The maximum atomic E-state index is 11.9. The van der Waals surface area contributed by atoms with Crippen LogP contribution in [-0.2, 0) is 4.79 Å². The number of esters is 1. The molecule has 0 saturated carbocycles. The Hall–Kier alpha value is -2.82. The third-order valence-corrected chi connectivity index (χ3v) is 3.63. The first kappa shape index (κ1) is 16.1. The summed E-state index contributed by atoms with van der Waals surface area (Å²) in [6, 6.07) is 13.3. The van der Waals surface area contributed by atoms with Crippen LogP contribution in [0.2, 0.25) is 0 Å². The molecule has 0 radical (unpaired) electrons. The zero-order valence-electron chi connectivity index (χ0n) is 14.0. The molecule has 1 heterocycles. The number of aromatic nitrogens is 2. The van der Waals surface area contributed by atoms with Crippen LogP contribution in [0.25, 0.3) is 22.4 Å². The van der Waals surface area contributed by atoms with Gasteiger partial charge in [0.05, 0.1) is 18.1 Å². The summed E-state index contributed by atoms with van der Waals surface area (Å²) in [5, 5.41) is 0. The molecular formula is C19H20N2O3.